The van der Waals surface area contributed by atoms with E-state index < -0.39 is 0 Å². The second kappa shape index (κ2) is 5.94. The minimum Gasteiger partial charge on any atom is -0.0839 e. The first-order valence-electron chi connectivity index (χ1n) is 10.6. The van der Waals surface area contributed by atoms with Crippen molar-refractivity contribution in [3.63, 3.8) is 0 Å². The van der Waals surface area contributed by atoms with E-state index in [0.29, 0.717) is 0 Å². The third kappa shape index (κ3) is 2.15. The Kier molecular flexibility index (Phi) is 3.44. The molecule has 3 aromatic carbocycles. The van der Waals surface area contributed by atoms with E-state index in [1.165, 1.54) is 55.7 Å². The predicted molar refractivity (Wildman–Crippen MR) is 122 cm³/mol. The number of aryl methyl sites for hydroxylation is 2. The molecule has 3 aromatic rings. The van der Waals surface area contributed by atoms with Gasteiger partial charge in [-0.1, -0.05) is 96.1 Å². The molecule has 3 aliphatic rings. The lowest BCUT2D eigenvalue weighted by Gasteiger charge is -2.37. The van der Waals surface area contributed by atoms with E-state index in [9.17, 15) is 0 Å². The average Bonchev–Trinajstić information content (AvgIpc) is 2.92. The third-order valence-electron chi connectivity index (χ3n) is 6.89. The Morgan fingerprint density at radius 1 is 0.690 bits per heavy atom. The van der Waals surface area contributed by atoms with Crippen molar-refractivity contribution in [2.75, 3.05) is 0 Å². The molecule has 0 saturated heterocycles. The highest BCUT2D eigenvalue weighted by Crippen LogP contribution is 2.59. The van der Waals surface area contributed by atoms with Gasteiger partial charge in [-0.2, -0.15) is 0 Å². The Balaban J connectivity index is 1.86. The molecule has 140 valence electrons. The smallest absolute Gasteiger partial charge is 0.0722 e. The summed E-state index contributed by atoms with van der Waals surface area (Å²) < 4.78 is 0. The maximum absolute atomic E-state index is 2.43. The van der Waals surface area contributed by atoms with Gasteiger partial charge in [0.1, 0.15) is 0 Å². The van der Waals surface area contributed by atoms with Crippen LogP contribution in [0, 0.1) is 13.8 Å². The molecule has 0 atom stereocenters. The summed E-state index contributed by atoms with van der Waals surface area (Å²) in [6.07, 6.45) is 11.7. The molecule has 0 radical (unpaired) electrons. The number of hydrogen-bond acceptors (Lipinski definition) is 0. The van der Waals surface area contributed by atoms with Crippen molar-refractivity contribution in [2.45, 2.75) is 32.1 Å². The predicted octanol–water partition coefficient (Wildman–Crippen LogP) is 7.29. The summed E-state index contributed by atoms with van der Waals surface area (Å²) in [6.45, 7) is 4.43. The van der Waals surface area contributed by atoms with Crippen molar-refractivity contribution in [1.29, 1.82) is 0 Å². The van der Waals surface area contributed by atoms with Crippen molar-refractivity contribution in [2.24, 2.45) is 0 Å². The molecule has 0 aromatic heterocycles. The Morgan fingerprint density at radius 3 is 2.10 bits per heavy atom. The van der Waals surface area contributed by atoms with Crippen molar-refractivity contribution in [3.8, 4) is 11.1 Å². The molecule has 0 nitrogen and oxygen atoms in total. The van der Waals surface area contributed by atoms with Crippen LogP contribution >= 0.6 is 0 Å². The molecule has 0 N–H and O–H groups in total. The fourth-order valence-electron chi connectivity index (χ4n) is 5.67. The molecule has 29 heavy (non-hydrogen) atoms. The fraction of sp³-hybridized carbons (Fsp3) is 0.172. The maximum Gasteiger partial charge on any atom is 0.0722 e. The van der Waals surface area contributed by atoms with Crippen LogP contribution in [0.5, 0.6) is 0 Å². The summed E-state index contributed by atoms with van der Waals surface area (Å²) in [5.41, 5.74) is 13.7. The van der Waals surface area contributed by atoms with Gasteiger partial charge in [-0.3, -0.25) is 0 Å². The number of benzene rings is 3. The molecule has 1 spiro atoms. The molecular formula is C29H24. The lowest BCUT2D eigenvalue weighted by Crippen LogP contribution is -2.31. The quantitative estimate of drug-likeness (QED) is 0.388. The van der Waals surface area contributed by atoms with Gasteiger partial charge in [-0.25, -0.2) is 0 Å². The monoisotopic (exact) mass is 372 g/mol. The first kappa shape index (κ1) is 16.8. The van der Waals surface area contributed by atoms with Crippen molar-refractivity contribution in [3.05, 3.63) is 123 Å². The van der Waals surface area contributed by atoms with Gasteiger partial charge in [-0.05, 0) is 71.2 Å². The largest absolute Gasteiger partial charge is 0.0839 e. The topological polar surface area (TPSA) is 0 Å². The van der Waals surface area contributed by atoms with E-state index >= 15 is 0 Å². The normalized spacial score (nSPS) is 17.6. The van der Waals surface area contributed by atoms with Crippen molar-refractivity contribution >= 4 is 6.08 Å². The van der Waals surface area contributed by atoms with Gasteiger partial charge in [0.2, 0.25) is 0 Å². The first-order valence-corrected chi connectivity index (χ1v) is 10.6. The minimum absolute atomic E-state index is 0.241. The molecule has 0 fully saturated rings. The summed E-state index contributed by atoms with van der Waals surface area (Å²) >= 11 is 0. The van der Waals surface area contributed by atoms with Crippen molar-refractivity contribution < 1.29 is 0 Å². The van der Waals surface area contributed by atoms with E-state index in [4.69, 9.17) is 0 Å². The molecule has 0 aliphatic heterocycles. The number of fused-ring (bicyclic) bond motifs is 8. The Labute approximate surface area is 172 Å². The Morgan fingerprint density at radius 2 is 1.38 bits per heavy atom. The highest BCUT2D eigenvalue weighted by molar-refractivity contribution is 5.89. The average molecular weight is 373 g/mol. The van der Waals surface area contributed by atoms with Crippen LogP contribution in [0.1, 0.15) is 46.2 Å². The van der Waals surface area contributed by atoms with Gasteiger partial charge < -0.3 is 0 Å². The molecule has 0 amide bonds. The van der Waals surface area contributed by atoms with E-state index in [0.717, 1.165) is 12.8 Å². The Bertz CT molecular complexity index is 1210. The van der Waals surface area contributed by atoms with Crippen LogP contribution in [0.4, 0.5) is 0 Å². The number of rotatable bonds is 0. The Hall–Kier alpha value is -3.12. The van der Waals surface area contributed by atoms with Crippen LogP contribution in [0.3, 0.4) is 0 Å². The van der Waals surface area contributed by atoms with Gasteiger partial charge in [0.15, 0.2) is 0 Å². The second-order valence-corrected chi connectivity index (χ2v) is 8.65. The number of allylic oxidation sites excluding steroid dienone is 5. The molecule has 6 rings (SSSR count). The summed E-state index contributed by atoms with van der Waals surface area (Å²) in [7, 11) is 0. The summed E-state index contributed by atoms with van der Waals surface area (Å²) in [4.78, 5) is 0. The lowest BCUT2D eigenvalue weighted by molar-refractivity contribution is 0.741. The molecule has 3 aliphatic carbocycles. The van der Waals surface area contributed by atoms with E-state index in [2.05, 4.69) is 98.8 Å². The summed E-state index contributed by atoms with van der Waals surface area (Å²) in [5.74, 6) is 0. The van der Waals surface area contributed by atoms with E-state index in [1.54, 1.807) is 0 Å². The van der Waals surface area contributed by atoms with Crippen LogP contribution < -0.4 is 0 Å². The van der Waals surface area contributed by atoms with Crippen LogP contribution in [-0.4, -0.2) is 0 Å². The lowest BCUT2D eigenvalue weighted by atomic mass is 9.64. The van der Waals surface area contributed by atoms with Gasteiger partial charge in [-0.15, -0.1) is 0 Å². The second-order valence-electron chi connectivity index (χ2n) is 8.65. The number of hydrogen-bond donors (Lipinski definition) is 0. The SMILES string of the molecule is Cc1ccc2c(c1)C1(C3=C(C=Cc4ccccc41)CCC=C3)c1cc(C)ccc1-2. The zero-order chi connectivity index (χ0) is 19.6. The molecule has 0 bridgehead atoms. The maximum atomic E-state index is 2.43. The zero-order valence-electron chi connectivity index (χ0n) is 17.0. The van der Waals surface area contributed by atoms with Gasteiger partial charge in [0.05, 0.1) is 5.41 Å². The van der Waals surface area contributed by atoms with E-state index in [-0.39, 0.29) is 5.41 Å². The zero-order valence-corrected chi connectivity index (χ0v) is 17.0. The van der Waals surface area contributed by atoms with Gasteiger partial charge >= 0.3 is 0 Å². The highest BCUT2D eigenvalue weighted by Gasteiger charge is 2.49. The fourth-order valence-corrected chi connectivity index (χ4v) is 5.67. The summed E-state index contributed by atoms with van der Waals surface area (Å²) in [6, 6.07) is 23.0. The van der Waals surface area contributed by atoms with E-state index in [1.807, 2.05) is 0 Å². The van der Waals surface area contributed by atoms with Gasteiger partial charge in [0, 0.05) is 0 Å². The van der Waals surface area contributed by atoms with Crippen LogP contribution in [-0.2, 0) is 5.41 Å². The summed E-state index contributed by atoms with van der Waals surface area (Å²) in [5, 5.41) is 0. The molecule has 0 heterocycles. The van der Waals surface area contributed by atoms with Crippen molar-refractivity contribution in [1.82, 2.24) is 0 Å². The van der Waals surface area contributed by atoms with Crippen LogP contribution in [0.25, 0.3) is 17.2 Å². The highest BCUT2D eigenvalue weighted by atomic mass is 14.5. The minimum atomic E-state index is -0.241. The van der Waals surface area contributed by atoms with Crippen LogP contribution in [0.15, 0.2) is 90.0 Å². The van der Waals surface area contributed by atoms with Gasteiger partial charge in [0.25, 0.3) is 0 Å². The molecular weight excluding hydrogens is 348 g/mol. The molecule has 0 unspecified atom stereocenters. The molecule has 0 saturated carbocycles. The third-order valence-corrected chi connectivity index (χ3v) is 6.89. The molecule has 0 heteroatoms. The first-order chi connectivity index (χ1) is 14.2. The van der Waals surface area contributed by atoms with Crippen LogP contribution in [0.2, 0.25) is 0 Å². The standard InChI is InChI=1S/C29H24/c1-19-11-15-23-24-16-12-20(2)18-28(24)29(27(23)17-19)25-9-5-3-7-21(25)13-14-22-8-4-6-10-26(22)29/h3,5-7,9-18H,4,8H2,1-2H3.